The van der Waals surface area contributed by atoms with Crippen LogP contribution in [-0.2, 0) is 0 Å². The third-order valence-corrected chi connectivity index (χ3v) is 2.51. The van der Waals surface area contributed by atoms with Crippen molar-refractivity contribution in [2.75, 3.05) is 20.1 Å². The maximum Gasteiger partial charge on any atom is 0.0240 e. The van der Waals surface area contributed by atoms with Crippen LogP contribution in [0.2, 0.25) is 0 Å². The molecule has 0 unspecified atom stereocenters. The van der Waals surface area contributed by atoms with Gasteiger partial charge in [-0.25, -0.2) is 0 Å². The normalized spacial score (nSPS) is 18.7. The van der Waals surface area contributed by atoms with Gasteiger partial charge >= 0.3 is 0 Å². The Labute approximate surface area is 92.8 Å². The van der Waals surface area contributed by atoms with Gasteiger partial charge in [-0.2, -0.15) is 0 Å². The summed E-state index contributed by atoms with van der Waals surface area (Å²) in [6.07, 6.45) is 5.93. The SMILES string of the molecule is C=CC1=C(C(=C)/C=C\C)C(=C)CN(C)C1. The Morgan fingerprint density at radius 2 is 2.07 bits per heavy atom. The minimum Gasteiger partial charge on any atom is -0.298 e. The minimum atomic E-state index is 0.906. The van der Waals surface area contributed by atoms with E-state index >= 15 is 0 Å². The van der Waals surface area contributed by atoms with Gasteiger partial charge < -0.3 is 0 Å². The third-order valence-electron chi connectivity index (χ3n) is 2.51. The molecular weight excluding hydrogens is 182 g/mol. The van der Waals surface area contributed by atoms with Gasteiger partial charge in [0.2, 0.25) is 0 Å². The number of allylic oxidation sites excluding steroid dienone is 3. The molecular formula is C14H19N. The lowest BCUT2D eigenvalue weighted by molar-refractivity contribution is 0.387. The van der Waals surface area contributed by atoms with E-state index in [4.69, 9.17) is 0 Å². The van der Waals surface area contributed by atoms with E-state index in [1.807, 2.05) is 25.2 Å². The summed E-state index contributed by atoms with van der Waals surface area (Å²) in [4.78, 5) is 2.23. The van der Waals surface area contributed by atoms with Crippen molar-refractivity contribution in [3.05, 3.63) is 60.3 Å². The zero-order valence-corrected chi connectivity index (χ0v) is 9.71. The van der Waals surface area contributed by atoms with Crippen LogP contribution in [0, 0.1) is 0 Å². The molecule has 1 aliphatic rings. The smallest absolute Gasteiger partial charge is 0.0240 e. The van der Waals surface area contributed by atoms with Crippen LogP contribution in [0.25, 0.3) is 0 Å². The Hall–Kier alpha value is -1.34. The van der Waals surface area contributed by atoms with Gasteiger partial charge in [-0.15, -0.1) is 0 Å². The van der Waals surface area contributed by atoms with Crippen LogP contribution in [0.15, 0.2) is 60.3 Å². The Balaban J connectivity index is 3.13. The van der Waals surface area contributed by atoms with Crippen LogP contribution in [0.5, 0.6) is 0 Å². The summed E-state index contributed by atoms with van der Waals surface area (Å²) in [5.74, 6) is 0. The molecule has 1 rings (SSSR count). The number of hydrogen-bond donors (Lipinski definition) is 0. The molecule has 1 heteroatoms. The molecule has 0 aliphatic carbocycles. The van der Waals surface area contributed by atoms with E-state index in [1.54, 1.807) is 0 Å². The lowest BCUT2D eigenvalue weighted by Crippen LogP contribution is -2.29. The van der Waals surface area contributed by atoms with E-state index in [0.717, 1.165) is 24.2 Å². The Morgan fingerprint density at radius 1 is 1.40 bits per heavy atom. The van der Waals surface area contributed by atoms with Crippen molar-refractivity contribution in [2.45, 2.75) is 6.92 Å². The summed E-state index contributed by atoms with van der Waals surface area (Å²) in [6.45, 7) is 15.9. The molecule has 0 atom stereocenters. The van der Waals surface area contributed by atoms with E-state index in [0.29, 0.717) is 0 Å². The van der Waals surface area contributed by atoms with Gasteiger partial charge in [-0.05, 0) is 36.3 Å². The zero-order valence-electron chi connectivity index (χ0n) is 9.71. The predicted molar refractivity (Wildman–Crippen MR) is 67.8 cm³/mol. The first-order valence-corrected chi connectivity index (χ1v) is 5.14. The van der Waals surface area contributed by atoms with Gasteiger partial charge in [0.25, 0.3) is 0 Å². The molecule has 0 amide bonds. The summed E-state index contributed by atoms with van der Waals surface area (Å²) in [7, 11) is 2.09. The first kappa shape index (κ1) is 11.7. The maximum atomic E-state index is 4.11. The van der Waals surface area contributed by atoms with Crippen LogP contribution >= 0.6 is 0 Å². The third kappa shape index (κ3) is 2.57. The molecule has 0 aromatic heterocycles. The van der Waals surface area contributed by atoms with Crippen molar-refractivity contribution in [1.82, 2.24) is 4.90 Å². The second-order valence-corrected chi connectivity index (χ2v) is 3.91. The largest absolute Gasteiger partial charge is 0.298 e. The van der Waals surface area contributed by atoms with Crippen LogP contribution < -0.4 is 0 Å². The number of hydrogen-bond acceptors (Lipinski definition) is 1. The highest BCUT2D eigenvalue weighted by Gasteiger charge is 2.18. The van der Waals surface area contributed by atoms with Crippen LogP contribution in [0.3, 0.4) is 0 Å². The fraction of sp³-hybridized carbons (Fsp3) is 0.286. The molecule has 0 saturated heterocycles. The highest BCUT2D eigenvalue weighted by molar-refractivity contribution is 5.56. The van der Waals surface area contributed by atoms with E-state index in [-0.39, 0.29) is 0 Å². The molecule has 0 aromatic rings. The first-order chi connectivity index (χ1) is 7.10. The fourth-order valence-corrected chi connectivity index (χ4v) is 1.94. The Bertz CT molecular complexity index is 356. The van der Waals surface area contributed by atoms with E-state index in [9.17, 15) is 0 Å². The number of nitrogens with zero attached hydrogens (tertiary/aromatic N) is 1. The van der Waals surface area contributed by atoms with Gasteiger partial charge in [-0.3, -0.25) is 4.90 Å². The molecule has 0 N–H and O–H groups in total. The topological polar surface area (TPSA) is 3.24 Å². The number of rotatable bonds is 3. The molecule has 1 aliphatic heterocycles. The van der Waals surface area contributed by atoms with Crippen LogP contribution in [0.1, 0.15) is 6.92 Å². The van der Waals surface area contributed by atoms with Gasteiger partial charge in [0.1, 0.15) is 0 Å². The van der Waals surface area contributed by atoms with Crippen molar-refractivity contribution in [3.63, 3.8) is 0 Å². The average Bonchev–Trinajstić information content (AvgIpc) is 2.16. The van der Waals surface area contributed by atoms with Gasteiger partial charge in [0.05, 0.1) is 0 Å². The lowest BCUT2D eigenvalue weighted by Gasteiger charge is -2.28. The molecule has 80 valence electrons. The highest BCUT2D eigenvalue weighted by Crippen LogP contribution is 2.27. The molecule has 0 saturated carbocycles. The summed E-state index contributed by atoms with van der Waals surface area (Å²) in [6, 6.07) is 0. The predicted octanol–water partition coefficient (Wildman–Crippen LogP) is 3.10. The fourth-order valence-electron chi connectivity index (χ4n) is 1.94. The first-order valence-electron chi connectivity index (χ1n) is 5.14. The monoisotopic (exact) mass is 201 g/mol. The van der Waals surface area contributed by atoms with Crippen LogP contribution in [-0.4, -0.2) is 25.0 Å². The van der Waals surface area contributed by atoms with E-state index in [1.165, 1.54) is 11.1 Å². The second kappa shape index (κ2) is 4.94. The molecule has 0 spiro atoms. The summed E-state index contributed by atoms with van der Waals surface area (Å²) in [5.41, 5.74) is 4.56. The second-order valence-electron chi connectivity index (χ2n) is 3.91. The van der Waals surface area contributed by atoms with Gasteiger partial charge in [0.15, 0.2) is 0 Å². The molecule has 0 fully saturated rings. The van der Waals surface area contributed by atoms with Crippen LogP contribution in [0.4, 0.5) is 0 Å². The van der Waals surface area contributed by atoms with Crippen molar-refractivity contribution in [1.29, 1.82) is 0 Å². The van der Waals surface area contributed by atoms with Crippen molar-refractivity contribution >= 4 is 0 Å². The van der Waals surface area contributed by atoms with E-state index < -0.39 is 0 Å². The Kier molecular flexibility index (Phi) is 3.87. The summed E-state index contributed by atoms with van der Waals surface area (Å²) in [5, 5.41) is 0. The van der Waals surface area contributed by atoms with Gasteiger partial charge in [0, 0.05) is 13.1 Å². The van der Waals surface area contributed by atoms with Crippen molar-refractivity contribution in [3.8, 4) is 0 Å². The van der Waals surface area contributed by atoms with Crippen molar-refractivity contribution in [2.24, 2.45) is 0 Å². The lowest BCUT2D eigenvalue weighted by atomic mass is 9.90. The summed E-state index contributed by atoms with van der Waals surface area (Å²) < 4.78 is 0. The Morgan fingerprint density at radius 3 is 2.60 bits per heavy atom. The standard InChI is InChI=1S/C14H19N/c1-6-8-11(3)14-12(4)9-15(5)10-13(14)7-2/h6-8H,2-4,9-10H2,1,5H3/b8-6-. The molecule has 1 heterocycles. The van der Waals surface area contributed by atoms with Crippen molar-refractivity contribution < 1.29 is 0 Å². The molecule has 15 heavy (non-hydrogen) atoms. The summed E-state index contributed by atoms with van der Waals surface area (Å²) >= 11 is 0. The molecule has 0 bridgehead atoms. The quantitative estimate of drug-likeness (QED) is 0.634. The molecule has 0 aromatic carbocycles. The molecule has 0 radical (unpaired) electrons. The molecule has 1 nitrogen and oxygen atoms in total. The van der Waals surface area contributed by atoms with E-state index in [2.05, 4.69) is 31.7 Å². The zero-order chi connectivity index (χ0) is 11.4. The highest BCUT2D eigenvalue weighted by atomic mass is 15.1. The average molecular weight is 201 g/mol. The minimum absolute atomic E-state index is 0.906. The maximum absolute atomic E-state index is 4.11. The van der Waals surface area contributed by atoms with Gasteiger partial charge in [-0.1, -0.05) is 38.0 Å². The number of likely N-dealkylation sites (N-methyl/N-ethyl adjacent to an activating group) is 1.